The Kier molecular flexibility index (Phi) is 2.30. The number of H-pyrrole nitrogens is 1. The molecule has 2 N–H and O–H groups in total. The summed E-state index contributed by atoms with van der Waals surface area (Å²) in [6.45, 7) is 1.60. The number of hydrogen-bond acceptors (Lipinski definition) is 3. The van der Waals surface area contributed by atoms with Gasteiger partial charge in [-0.15, -0.1) is 0 Å². The molecule has 0 radical (unpaired) electrons. The van der Waals surface area contributed by atoms with Crippen LogP contribution in [0.25, 0.3) is 0 Å². The van der Waals surface area contributed by atoms with Crippen LogP contribution in [0, 0.1) is 6.92 Å². The topological polar surface area (TPSA) is 83.0 Å². The zero-order valence-electron chi connectivity index (χ0n) is 8.41. The quantitative estimate of drug-likeness (QED) is 0.761. The Hall–Kier alpha value is -1.65. The number of carboxylic acid groups (broad SMARTS) is 1. The molecular formula is C10H12N2O3. The van der Waals surface area contributed by atoms with Crippen molar-refractivity contribution in [2.45, 2.75) is 32.1 Å². The van der Waals surface area contributed by atoms with Gasteiger partial charge in [-0.2, -0.15) is 0 Å². The van der Waals surface area contributed by atoms with Crippen molar-refractivity contribution in [1.82, 2.24) is 9.97 Å². The van der Waals surface area contributed by atoms with Gasteiger partial charge in [0.2, 0.25) is 0 Å². The molecule has 0 unspecified atom stereocenters. The summed E-state index contributed by atoms with van der Waals surface area (Å²) in [5, 5.41) is 8.68. The number of aromatic nitrogens is 2. The van der Waals surface area contributed by atoms with Crippen molar-refractivity contribution in [3.8, 4) is 0 Å². The first-order valence-corrected chi connectivity index (χ1v) is 4.89. The summed E-state index contributed by atoms with van der Waals surface area (Å²) in [5.74, 6) is 0.00522. The van der Waals surface area contributed by atoms with E-state index in [4.69, 9.17) is 5.11 Å². The Morgan fingerprint density at radius 2 is 2.27 bits per heavy atom. The third kappa shape index (κ3) is 2.06. The molecule has 1 aromatic heterocycles. The van der Waals surface area contributed by atoms with Gasteiger partial charge in [0.15, 0.2) is 0 Å². The number of rotatable bonds is 3. The molecule has 0 atom stereocenters. The normalized spacial score (nSPS) is 15.3. The van der Waals surface area contributed by atoms with Gasteiger partial charge in [-0.3, -0.25) is 9.59 Å². The largest absolute Gasteiger partial charge is 0.481 e. The van der Waals surface area contributed by atoms with Gasteiger partial charge in [0.1, 0.15) is 5.82 Å². The predicted molar refractivity (Wildman–Crippen MR) is 52.9 cm³/mol. The number of carboxylic acids is 1. The molecule has 5 heteroatoms. The molecule has 1 aliphatic rings. The molecule has 1 fully saturated rings. The Bertz CT molecular complexity index is 460. The molecule has 80 valence electrons. The van der Waals surface area contributed by atoms with Crippen LogP contribution in [0.15, 0.2) is 4.79 Å². The lowest BCUT2D eigenvalue weighted by molar-refractivity contribution is -0.136. The van der Waals surface area contributed by atoms with Gasteiger partial charge < -0.3 is 10.1 Å². The van der Waals surface area contributed by atoms with Gasteiger partial charge in [-0.05, 0) is 19.8 Å². The van der Waals surface area contributed by atoms with E-state index in [1.165, 1.54) is 0 Å². The molecule has 0 amide bonds. The fourth-order valence-corrected chi connectivity index (χ4v) is 1.46. The Balaban J connectivity index is 2.42. The molecule has 1 heterocycles. The van der Waals surface area contributed by atoms with E-state index < -0.39 is 5.97 Å². The standard InChI is InChI=1S/C10H12N2O3/c1-5-7(4-8(13)14)11-9(6-2-3-6)12-10(5)15/h6H,2-4H2,1H3,(H,13,14)(H,11,12,15). The van der Waals surface area contributed by atoms with Crippen molar-refractivity contribution in [3.63, 3.8) is 0 Å². The zero-order valence-corrected chi connectivity index (χ0v) is 8.41. The predicted octanol–water partition coefficient (Wildman–Crippen LogP) is 0.583. The number of aliphatic carboxylic acids is 1. The maximum atomic E-state index is 11.5. The molecule has 2 rings (SSSR count). The first kappa shape index (κ1) is 9.89. The number of aromatic amines is 1. The van der Waals surface area contributed by atoms with Crippen molar-refractivity contribution >= 4 is 5.97 Å². The van der Waals surface area contributed by atoms with Gasteiger partial charge >= 0.3 is 5.97 Å². The number of nitrogens with one attached hydrogen (secondary N) is 1. The van der Waals surface area contributed by atoms with E-state index in [1.54, 1.807) is 6.92 Å². The second-order valence-corrected chi connectivity index (χ2v) is 3.87. The summed E-state index contributed by atoms with van der Waals surface area (Å²) < 4.78 is 0. The van der Waals surface area contributed by atoms with E-state index in [-0.39, 0.29) is 12.0 Å². The third-order valence-electron chi connectivity index (χ3n) is 2.55. The molecule has 1 saturated carbocycles. The average Bonchev–Trinajstić information content (AvgIpc) is 2.94. The number of hydrogen-bond donors (Lipinski definition) is 2. The highest BCUT2D eigenvalue weighted by Crippen LogP contribution is 2.37. The van der Waals surface area contributed by atoms with E-state index >= 15 is 0 Å². The molecule has 1 aliphatic carbocycles. The van der Waals surface area contributed by atoms with Crippen LogP contribution in [0.3, 0.4) is 0 Å². The SMILES string of the molecule is Cc1c(CC(=O)O)nc(C2CC2)[nH]c1=O. The highest BCUT2D eigenvalue weighted by molar-refractivity contribution is 5.69. The molecule has 5 nitrogen and oxygen atoms in total. The molecular weight excluding hydrogens is 196 g/mol. The first-order valence-electron chi connectivity index (χ1n) is 4.89. The summed E-state index contributed by atoms with van der Waals surface area (Å²) in [6.07, 6.45) is 1.87. The minimum Gasteiger partial charge on any atom is -0.481 e. The molecule has 0 aliphatic heterocycles. The average molecular weight is 208 g/mol. The third-order valence-corrected chi connectivity index (χ3v) is 2.55. The summed E-state index contributed by atoms with van der Waals surface area (Å²) >= 11 is 0. The summed E-state index contributed by atoms with van der Waals surface area (Å²) in [7, 11) is 0. The van der Waals surface area contributed by atoms with Crippen LogP contribution in [0.2, 0.25) is 0 Å². The van der Waals surface area contributed by atoms with E-state index in [2.05, 4.69) is 9.97 Å². The smallest absolute Gasteiger partial charge is 0.309 e. The van der Waals surface area contributed by atoms with Crippen LogP contribution in [0.4, 0.5) is 0 Å². The van der Waals surface area contributed by atoms with Crippen LogP contribution >= 0.6 is 0 Å². The lowest BCUT2D eigenvalue weighted by atomic mass is 10.2. The van der Waals surface area contributed by atoms with E-state index in [1.807, 2.05) is 0 Å². The van der Waals surface area contributed by atoms with Gasteiger partial charge in [-0.1, -0.05) is 0 Å². The Morgan fingerprint density at radius 1 is 1.60 bits per heavy atom. The molecule has 0 bridgehead atoms. The molecule has 15 heavy (non-hydrogen) atoms. The van der Waals surface area contributed by atoms with Crippen LogP contribution in [0.5, 0.6) is 0 Å². The monoisotopic (exact) mass is 208 g/mol. The van der Waals surface area contributed by atoms with E-state index in [0.717, 1.165) is 12.8 Å². The van der Waals surface area contributed by atoms with E-state index in [9.17, 15) is 9.59 Å². The van der Waals surface area contributed by atoms with Crippen molar-refractivity contribution in [2.24, 2.45) is 0 Å². The van der Waals surface area contributed by atoms with Crippen LogP contribution in [0.1, 0.15) is 35.8 Å². The van der Waals surface area contributed by atoms with Crippen molar-refractivity contribution in [2.75, 3.05) is 0 Å². The summed E-state index contributed by atoms with van der Waals surface area (Å²) in [6, 6.07) is 0. The second kappa shape index (κ2) is 3.49. The maximum Gasteiger partial charge on any atom is 0.309 e. The van der Waals surface area contributed by atoms with Crippen molar-refractivity contribution in [1.29, 1.82) is 0 Å². The van der Waals surface area contributed by atoms with Crippen LogP contribution < -0.4 is 5.56 Å². The first-order chi connectivity index (χ1) is 7.08. The minimum atomic E-state index is -0.960. The summed E-state index contributed by atoms with van der Waals surface area (Å²) in [4.78, 5) is 29.0. The highest BCUT2D eigenvalue weighted by Gasteiger charge is 2.27. The van der Waals surface area contributed by atoms with Crippen molar-refractivity contribution < 1.29 is 9.90 Å². The number of carbonyl (C=O) groups is 1. The molecule has 0 spiro atoms. The lowest BCUT2D eigenvalue weighted by Gasteiger charge is -2.04. The molecule has 0 saturated heterocycles. The fourth-order valence-electron chi connectivity index (χ4n) is 1.46. The Labute approximate surface area is 86.2 Å². The number of nitrogens with zero attached hydrogens (tertiary/aromatic N) is 1. The van der Waals surface area contributed by atoms with Gasteiger partial charge in [-0.25, -0.2) is 4.98 Å². The molecule has 1 aromatic rings. The lowest BCUT2D eigenvalue weighted by Crippen LogP contribution is -2.19. The fraction of sp³-hybridized carbons (Fsp3) is 0.500. The van der Waals surface area contributed by atoms with Crippen molar-refractivity contribution in [3.05, 3.63) is 27.4 Å². The second-order valence-electron chi connectivity index (χ2n) is 3.87. The van der Waals surface area contributed by atoms with Gasteiger partial charge in [0.05, 0.1) is 12.1 Å². The highest BCUT2D eigenvalue weighted by atomic mass is 16.4. The maximum absolute atomic E-state index is 11.5. The zero-order chi connectivity index (χ0) is 11.0. The van der Waals surface area contributed by atoms with Gasteiger partial charge in [0.25, 0.3) is 5.56 Å². The van der Waals surface area contributed by atoms with Crippen LogP contribution in [-0.2, 0) is 11.2 Å². The van der Waals surface area contributed by atoms with Gasteiger partial charge in [0, 0.05) is 11.5 Å². The minimum absolute atomic E-state index is 0.185. The summed E-state index contributed by atoms with van der Waals surface area (Å²) in [5.41, 5.74) is 0.568. The van der Waals surface area contributed by atoms with Crippen LogP contribution in [-0.4, -0.2) is 21.0 Å². The van der Waals surface area contributed by atoms with E-state index in [0.29, 0.717) is 23.0 Å². The molecule has 0 aromatic carbocycles. The Morgan fingerprint density at radius 3 is 2.80 bits per heavy atom.